The average Bonchev–Trinajstić information content (AvgIpc) is 2.12. The minimum absolute atomic E-state index is 0.0211. The number of nitrogens with one attached hydrogen (secondary N) is 1. The van der Waals surface area contributed by atoms with Gasteiger partial charge in [0.25, 0.3) is 0 Å². The van der Waals surface area contributed by atoms with E-state index >= 15 is 0 Å². The Hall–Kier alpha value is -1.29. The Morgan fingerprint density at radius 1 is 1.64 bits per heavy atom. The Bertz CT molecular complexity index is 387. The fourth-order valence-electron chi connectivity index (χ4n) is 0.992. The maximum atomic E-state index is 11.1. The molecule has 0 bridgehead atoms. The van der Waals surface area contributed by atoms with Gasteiger partial charge < -0.3 is 9.30 Å². The van der Waals surface area contributed by atoms with E-state index in [9.17, 15) is 4.79 Å². The molecule has 1 aromatic rings. The van der Waals surface area contributed by atoms with Crippen LogP contribution in [0.15, 0.2) is 18.3 Å². The fourth-order valence-corrected chi connectivity index (χ4v) is 1.17. The number of carbonyl (C=O) groups excluding carboxylic acids is 1. The molecule has 0 amide bonds. The van der Waals surface area contributed by atoms with Crippen molar-refractivity contribution in [1.29, 1.82) is 5.41 Å². The molecule has 5 heteroatoms. The van der Waals surface area contributed by atoms with E-state index in [2.05, 4.69) is 0 Å². The predicted octanol–water partition coefficient (Wildman–Crippen LogP) is 1.18. The van der Waals surface area contributed by atoms with E-state index < -0.39 is 0 Å². The molecule has 0 atom stereocenters. The molecule has 1 heterocycles. The molecule has 1 N–H and O–H groups in total. The summed E-state index contributed by atoms with van der Waals surface area (Å²) in [6.07, 6.45) is 1.53. The first-order valence-corrected chi connectivity index (χ1v) is 4.57. The number of hydrogen-bond acceptors (Lipinski definition) is 3. The molecular formula is C9H11ClN2O2. The molecule has 0 aliphatic carbocycles. The van der Waals surface area contributed by atoms with Crippen molar-refractivity contribution in [3.63, 3.8) is 0 Å². The number of ether oxygens (including phenoxy) is 1. The van der Waals surface area contributed by atoms with Gasteiger partial charge in [-0.15, -0.1) is 0 Å². The maximum absolute atomic E-state index is 11.1. The summed E-state index contributed by atoms with van der Waals surface area (Å²) in [5, 5.41) is 7.98. The highest BCUT2D eigenvalue weighted by Gasteiger charge is 2.03. The van der Waals surface area contributed by atoms with Crippen molar-refractivity contribution in [2.24, 2.45) is 0 Å². The van der Waals surface area contributed by atoms with E-state index in [1.807, 2.05) is 0 Å². The summed E-state index contributed by atoms with van der Waals surface area (Å²) < 4.78 is 6.19. The van der Waals surface area contributed by atoms with E-state index in [-0.39, 0.29) is 18.0 Å². The van der Waals surface area contributed by atoms with Crippen molar-refractivity contribution >= 4 is 17.6 Å². The third-order valence-corrected chi connectivity index (χ3v) is 1.82. The number of esters is 1. The van der Waals surface area contributed by atoms with Crippen molar-refractivity contribution < 1.29 is 9.53 Å². The van der Waals surface area contributed by atoms with E-state index in [0.29, 0.717) is 11.6 Å². The monoisotopic (exact) mass is 214 g/mol. The van der Waals surface area contributed by atoms with E-state index in [0.717, 1.165) is 0 Å². The summed E-state index contributed by atoms with van der Waals surface area (Å²) >= 11 is 5.72. The van der Waals surface area contributed by atoms with Crippen molar-refractivity contribution in [1.82, 2.24) is 4.57 Å². The number of halogens is 1. The van der Waals surface area contributed by atoms with Crippen LogP contribution in [-0.4, -0.2) is 17.1 Å². The van der Waals surface area contributed by atoms with Crippen LogP contribution in [0.4, 0.5) is 0 Å². The molecule has 0 spiro atoms. The lowest BCUT2D eigenvalue weighted by atomic mass is 10.4. The molecule has 1 aromatic heterocycles. The number of pyridine rings is 1. The van der Waals surface area contributed by atoms with Gasteiger partial charge >= 0.3 is 5.97 Å². The predicted molar refractivity (Wildman–Crippen MR) is 51.9 cm³/mol. The highest BCUT2D eigenvalue weighted by atomic mass is 35.5. The van der Waals surface area contributed by atoms with Gasteiger partial charge in [-0.05, 0) is 19.1 Å². The Balaban J connectivity index is 2.81. The zero-order valence-electron chi connectivity index (χ0n) is 7.79. The van der Waals surface area contributed by atoms with Gasteiger partial charge in [-0.25, -0.2) is 0 Å². The van der Waals surface area contributed by atoms with E-state index in [1.54, 1.807) is 13.0 Å². The molecule has 4 nitrogen and oxygen atoms in total. The summed E-state index contributed by atoms with van der Waals surface area (Å²) in [6.45, 7) is 2.10. The van der Waals surface area contributed by atoms with Crippen molar-refractivity contribution in [2.45, 2.75) is 13.5 Å². The van der Waals surface area contributed by atoms with Gasteiger partial charge in [0, 0.05) is 6.20 Å². The topological polar surface area (TPSA) is 55.1 Å². The Labute approximate surface area is 86.6 Å². The summed E-state index contributed by atoms with van der Waals surface area (Å²) in [6, 6.07) is 3.13. The molecule has 0 saturated carbocycles. The van der Waals surface area contributed by atoms with Gasteiger partial charge in [0.05, 0.1) is 11.6 Å². The van der Waals surface area contributed by atoms with Crippen LogP contribution >= 0.6 is 11.6 Å². The normalized spacial score (nSPS) is 9.86. The second-order valence-electron chi connectivity index (χ2n) is 2.67. The summed E-state index contributed by atoms with van der Waals surface area (Å²) in [5.74, 6) is -0.367. The van der Waals surface area contributed by atoms with Crippen LogP contribution in [0.2, 0.25) is 5.02 Å². The molecule has 0 aliphatic rings. The Morgan fingerprint density at radius 2 is 2.36 bits per heavy atom. The molecule has 0 unspecified atom stereocenters. The molecule has 0 radical (unpaired) electrons. The lowest BCUT2D eigenvalue weighted by molar-refractivity contribution is -0.143. The number of rotatable bonds is 3. The second-order valence-corrected chi connectivity index (χ2v) is 3.10. The molecule has 14 heavy (non-hydrogen) atoms. The van der Waals surface area contributed by atoms with Crippen molar-refractivity contribution in [2.75, 3.05) is 6.61 Å². The number of nitrogens with zero attached hydrogens (tertiary/aromatic N) is 1. The van der Waals surface area contributed by atoms with Crippen molar-refractivity contribution in [3.8, 4) is 0 Å². The standard InChI is InChI=1S/C9H11ClN2O2/c1-2-14-9(13)6-12-5-7(10)3-4-8(12)11/h3-5,11H,2,6H2,1H3. The number of aromatic nitrogens is 1. The first-order chi connectivity index (χ1) is 6.63. The molecule has 76 valence electrons. The Morgan fingerprint density at radius 3 is 3.00 bits per heavy atom. The highest BCUT2D eigenvalue weighted by Crippen LogP contribution is 2.02. The zero-order valence-corrected chi connectivity index (χ0v) is 8.54. The number of hydrogen-bond donors (Lipinski definition) is 1. The van der Waals surface area contributed by atoms with Gasteiger partial charge in [-0.2, -0.15) is 0 Å². The molecule has 0 fully saturated rings. The molecule has 1 rings (SSSR count). The Kier molecular flexibility index (Phi) is 3.71. The third kappa shape index (κ3) is 2.88. The van der Waals surface area contributed by atoms with Gasteiger partial charge in [-0.3, -0.25) is 10.2 Å². The molecule has 0 saturated heterocycles. The minimum Gasteiger partial charge on any atom is -0.465 e. The van der Waals surface area contributed by atoms with Gasteiger partial charge in [-0.1, -0.05) is 11.6 Å². The summed E-state index contributed by atoms with van der Waals surface area (Å²) in [7, 11) is 0. The van der Waals surface area contributed by atoms with Crippen molar-refractivity contribution in [3.05, 3.63) is 28.8 Å². The van der Waals surface area contributed by atoms with Crippen LogP contribution in [0.3, 0.4) is 0 Å². The smallest absolute Gasteiger partial charge is 0.325 e. The van der Waals surface area contributed by atoms with Gasteiger partial charge in [0.1, 0.15) is 12.0 Å². The molecule has 0 aromatic carbocycles. The summed E-state index contributed by atoms with van der Waals surface area (Å²) in [4.78, 5) is 11.1. The highest BCUT2D eigenvalue weighted by molar-refractivity contribution is 6.30. The average molecular weight is 215 g/mol. The van der Waals surface area contributed by atoms with Crippen LogP contribution in [0.5, 0.6) is 0 Å². The SMILES string of the molecule is CCOC(=O)Cn1cc(Cl)ccc1=N. The lowest BCUT2D eigenvalue weighted by Crippen LogP contribution is -2.24. The fraction of sp³-hybridized carbons (Fsp3) is 0.333. The first kappa shape index (κ1) is 10.8. The van der Waals surface area contributed by atoms with Crippen LogP contribution in [0, 0.1) is 5.41 Å². The summed E-state index contributed by atoms with van der Waals surface area (Å²) in [5.41, 5.74) is 0.224. The lowest BCUT2D eigenvalue weighted by Gasteiger charge is -2.06. The van der Waals surface area contributed by atoms with E-state index in [1.165, 1.54) is 16.8 Å². The first-order valence-electron chi connectivity index (χ1n) is 4.19. The van der Waals surface area contributed by atoms with Gasteiger partial charge in [0.15, 0.2) is 0 Å². The number of carbonyl (C=O) groups is 1. The van der Waals surface area contributed by atoms with Crippen LogP contribution < -0.4 is 5.49 Å². The zero-order chi connectivity index (χ0) is 10.6. The molecular weight excluding hydrogens is 204 g/mol. The van der Waals surface area contributed by atoms with Crippen LogP contribution in [0.25, 0.3) is 0 Å². The quantitative estimate of drug-likeness (QED) is 0.769. The minimum atomic E-state index is -0.367. The van der Waals surface area contributed by atoms with Crippen LogP contribution in [0.1, 0.15) is 6.92 Å². The molecule has 0 aliphatic heterocycles. The third-order valence-electron chi connectivity index (χ3n) is 1.59. The van der Waals surface area contributed by atoms with Crippen LogP contribution in [-0.2, 0) is 16.1 Å². The van der Waals surface area contributed by atoms with Gasteiger partial charge in [0.2, 0.25) is 0 Å². The largest absolute Gasteiger partial charge is 0.465 e. The second kappa shape index (κ2) is 4.81. The van der Waals surface area contributed by atoms with E-state index in [4.69, 9.17) is 21.7 Å². The maximum Gasteiger partial charge on any atom is 0.325 e.